The summed E-state index contributed by atoms with van der Waals surface area (Å²) in [5, 5.41) is 12.9. The first-order valence-corrected chi connectivity index (χ1v) is 23.7. The molecule has 1 amide bonds. The van der Waals surface area contributed by atoms with E-state index >= 15 is 0 Å². The lowest BCUT2D eigenvalue weighted by molar-refractivity contribution is -0.141. The molecule has 0 aromatic heterocycles. The highest BCUT2D eigenvalue weighted by Crippen LogP contribution is 2.45. The van der Waals surface area contributed by atoms with Crippen LogP contribution in [-0.4, -0.2) is 58.7 Å². The van der Waals surface area contributed by atoms with Crippen LogP contribution in [0.2, 0.25) is 36.3 Å². The third-order valence-electron chi connectivity index (χ3n) is 10.8. The molecule has 0 bridgehead atoms. The highest BCUT2D eigenvalue weighted by Gasteiger charge is 2.42. The van der Waals surface area contributed by atoms with Crippen LogP contribution in [0.15, 0.2) is 60.7 Å². The molecule has 0 fully saturated rings. The van der Waals surface area contributed by atoms with Gasteiger partial charge in [-0.05, 0) is 77.3 Å². The number of nitrogens with one attached hydrogen (secondary N) is 1. The second kappa shape index (κ2) is 16.1. The van der Waals surface area contributed by atoms with Crippen molar-refractivity contribution in [3.8, 4) is 11.1 Å². The summed E-state index contributed by atoms with van der Waals surface area (Å²) in [5.41, 5.74) is 4.70. The summed E-state index contributed by atoms with van der Waals surface area (Å²) in [4.78, 5) is 25.6. The van der Waals surface area contributed by atoms with Gasteiger partial charge in [-0.25, -0.2) is 4.79 Å². The Morgan fingerprint density at radius 1 is 0.796 bits per heavy atom. The van der Waals surface area contributed by atoms with Gasteiger partial charge in [0.05, 0.1) is 24.2 Å². The summed E-state index contributed by atoms with van der Waals surface area (Å²) in [6, 6.07) is 16.3. The van der Waals surface area contributed by atoms with Crippen molar-refractivity contribution < 1.29 is 28.3 Å². The number of carboxylic acids is 1. The minimum Gasteiger partial charge on any atom is -0.481 e. The Morgan fingerprint density at radius 2 is 1.29 bits per heavy atom. The Balaban J connectivity index is 1.93. The molecular formula is C40H63NO6Si2. The van der Waals surface area contributed by atoms with E-state index in [9.17, 15) is 14.7 Å². The molecule has 2 aromatic rings. The maximum atomic E-state index is 13.7. The predicted octanol–water partition coefficient (Wildman–Crippen LogP) is 10.4. The van der Waals surface area contributed by atoms with Gasteiger partial charge in [-0.15, -0.1) is 0 Å². The van der Waals surface area contributed by atoms with Crippen LogP contribution in [0.25, 0.3) is 11.1 Å². The predicted molar refractivity (Wildman–Crippen MR) is 206 cm³/mol. The molecule has 2 aromatic carbocycles. The van der Waals surface area contributed by atoms with Gasteiger partial charge in [-0.2, -0.15) is 0 Å². The zero-order chi connectivity index (χ0) is 36.9. The van der Waals surface area contributed by atoms with Crippen molar-refractivity contribution in [1.82, 2.24) is 5.32 Å². The van der Waals surface area contributed by atoms with Gasteiger partial charge in [0.1, 0.15) is 6.61 Å². The Bertz CT molecular complexity index is 1410. The zero-order valence-electron chi connectivity index (χ0n) is 32.3. The monoisotopic (exact) mass is 709 g/mol. The number of amides is 1. The van der Waals surface area contributed by atoms with Crippen LogP contribution < -0.4 is 5.32 Å². The quantitative estimate of drug-likeness (QED) is 0.141. The molecule has 1 aliphatic carbocycles. The van der Waals surface area contributed by atoms with E-state index in [-0.39, 0.29) is 34.6 Å². The molecule has 0 saturated carbocycles. The van der Waals surface area contributed by atoms with Gasteiger partial charge >= 0.3 is 12.1 Å². The van der Waals surface area contributed by atoms with Crippen molar-refractivity contribution in [2.24, 2.45) is 11.8 Å². The molecule has 3 rings (SSSR count). The summed E-state index contributed by atoms with van der Waals surface area (Å²) >= 11 is 0. The number of rotatable bonds is 15. The molecule has 0 saturated heterocycles. The average molecular weight is 710 g/mol. The van der Waals surface area contributed by atoms with E-state index < -0.39 is 46.8 Å². The molecule has 0 spiro atoms. The topological polar surface area (TPSA) is 94.1 Å². The molecule has 2 N–H and O–H groups in total. The number of hydrogen-bond acceptors (Lipinski definition) is 5. The summed E-state index contributed by atoms with van der Waals surface area (Å²) in [5.74, 6) is -1.19. The largest absolute Gasteiger partial charge is 0.481 e. The lowest BCUT2D eigenvalue weighted by Gasteiger charge is -2.41. The number of hydrogen-bond donors (Lipinski definition) is 2. The van der Waals surface area contributed by atoms with Gasteiger partial charge in [0, 0.05) is 5.92 Å². The van der Waals surface area contributed by atoms with E-state index in [1.54, 1.807) is 6.92 Å². The minimum atomic E-state index is -2.32. The van der Waals surface area contributed by atoms with Gasteiger partial charge in [-0.1, -0.05) is 123 Å². The van der Waals surface area contributed by atoms with Crippen LogP contribution in [0.1, 0.15) is 92.2 Å². The molecule has 0 aliphatic heterocycles. The lowest BCUT2D eigenvalue weighted by atomic mass is 9.97. The van der Waals surface area contributed by atoms with E-state index in [0.717, 1.165) is 0 Å². The van der Waals surface area contributed by atoms with E-state index in [2.05, 4.69) is 111 Å². The summed E-state index contributed by atoms with van der Waals surface area (Å²) in [7, 11) is -4.56. The van der Waals surface area contributed by atoms with Crippen LogP contribution in [0.5, 0.6) is 0 Å². The highest BCUT2D eigenvalue weighted by molar-refractivity contribution is 6.74. The standard InChI is InChI=1S/C40H63NO6Si2/c1-27(2)24-35(41-38(44)45-26-34-32-20-16-14-18-30(32)31-19-15-17-21-33(31)34)36(47-49(12,13)40(7,8)9)23-22-29(25-28(3)37(42)43)46-48(10,11)39(4,5)6/h14-23,27-29,34-36H,24-26H2,1-13H3,(H,41,44)(H,42,43)/b23-22+/t28-,29+,35-,36-/m0/s1. The highest BCUT2D eigenvalue weighted by atomic mass is 28.4. The normalized spacial score (nSPS) is 16.6. The number of ether oxygens (including phenoxy) is 1. The van der Waals surface area contributed by atoms with Crippen molar-refractivity contribution in [2.75, 3.05) is 6.61 Å². The summed E-state index contributed by atoms with van der Waals surface area (Å²) < 4.78 is 19.9. The molecule has 0 radical (unpaired) electrons. The molecule has 4 atom stereocenters. The Kier molecular flexibility index (Phi) is 13.4. The van der Waals surface area contributed by atoms with Gasteiger partial charge in [0.2, 0.25) is 0 Å². The number of carbonyl (C=O) groups is 2. The molecule has 9 heteroatoms. The summed E-state index contributed by atoms with van der Waals surface area (Å²) in [6.07, 6.45) is 3.68. The van der Waals surface area contributed by atoms with E-state index in [1.807, 2.05) is 36.4 Å². The van der Waals surface area contributed by atoms with Crippen LogP contribution in [0.3, 0.4) is 0 Å². The smallest absolute Gasteiger partial charge is 0.407 e. The van der Waals surface area contributed by atoms with Crippen molar-refractivity contribution in [1.29, 1.82) is 0 Å². The van der Waals surface area contributed by atoms with E-state index in [1.165, 1.54) is 22.3 Å². The van der Waals surface area contributed by atoms with Crippen LogP contribution in [0, 0.1) is 11.8 Å². The number of fused-ring (bicyclic) bond motifs is 3. The van der Waals surface area contributed by atoms with Gasteiger partial charge < -0.3 is 24.0 Å². The van der Waals surface area contributed by atoms with Gasteiger partial charge in [0.15, 0.2) is 16.6 Å². The number of aliphatic carboxylic acids is 1. The van der Waals surface area contributed by atoms with Crippen LogP contribution >= 0.6 is 0 Å². The van der Waals surface area contributed by atoms with Crippen molar-refractivity contribution in [3.05, 3.63) is 71.8 Å². The third kappa shape index (κ3) is 10.6. The molecule has 0 unspecified atom stereocenters. The maximum Gasteiger partial charge on any atom is 0.407 e. The molecule has 7 nitrogen and oxygen atoms in total. The average Bonchev–Trinajstić information content (AvgIpc) is 3.29. The van der Waals surface area contributed by atoms with Crippen molar-refractivity contribution >= 4 is 28.7 Å². The maximum absolute atomic E-state index is 13.7. The second-order valence-electron chi connectivity index (χ2n) is 17.3. The Morgan fingerprint density at radius 3 is 1.76 bits per heavy atom. The first-order chi connectivity index (χ1) is 22.5. The minimum absolute atomic E-state index is 0.0367. The Labute approximate surface area is 298 Å². The SMILES string of the molecule is CC(C)C[C@H](NC(=O)OCC1c2ccccc2-c2ccccc21)[C@H](/C=C/[C@H](C[C@H](C)C(=O)O)O[Si](C)(C)C(C)(C)C)O[Si](C)(C)C(C)(C)C. The fraction of sp³-hybridized carbons (Fsp3) is 0.600. The summed E-state index contributed by atoms with van der Waals surface area (Å²) in [6.45, 7) is 28.2. The number of carboxylic acid groups (broad SMARTS) is 1. The molecule has 272 valence electrons. The van der Waals surface area contributed by atoms with Crippen LogP contribution in [-0.2, 0) is 18.4 Å². The lowest BCUT2D eigenvalue weighted by Crippen LogP contribution is -2.52. The van der Waals surface area contributed by atoms with Crippen molar-refractivity contribution in [2.45, 2.75) is 136 Å². The fourth-order valence-electron chi connectivity index (χ4n) is 5.75. The van der Waals surface area contributed by atoms with Crippen molar-refractivity contribution in [3.63, 3.8) is 0 Å². The van der Waals surface area contributed by atoms with E-state index in [4.69, 9.17) is 13.6 Å². The first-order valence-electron chi connectivity index (χ1n) is 17.9. The molecule has 0 heterocycles. The molecule has 1 aliphatic rings. The number of carbonyl (C=O) groups excluding carboxylic acids is 1. The molecule has 49 heavy (non-hydrogen) atoms. The number of benzene rings is 2. The number of alkyl carbamates (subject to hydrolysis) is 1. The van der Waals surface area contributed by atoms with Gasteiger partial charge in [-0.3, -0.25) is 4.79 Å². The second-order valence-corrected chi connectivity index (χ2v) is 26.8. The third-order valence-corrected chi connectivity index (χ3v) is 19.8. The fourth-order valence-corrected chi connectivity index (χ4v) is 8.31. The van der Waals surface area contributed by atoms with Crippen LogP contribution in [0.4, 0.5) is 4.79 Å². The van der Waals surface area contributed by atoms with Gasteiger partial charge in [0.25, 0.3) is 0 Å². The Hall–Kier alpha value is -2.73. The van der Waals surface area contributed by atoms with E-state index in [0.29, 0.717) is 12.8 Å². The molecular weight excluding hydrogens is 647 g/mol. The first kappa shape index (κ1) is 40.7. The zero-order valence-corrected chi connectivity index (χ0v) is 34.3.